The number of benzene rings is 1. The van der Waals surface area contributed by atoms with E-state index < -0.39 is 11.1 Å². The van der Waals surface area contributed by atoms with E-state index in [1.54, 1.807) is 0 Å². The van der Waals surface area contributed by atoms with Gasteiger partial charge in [0.1, 0.15) is 0 Å². The molecule has 5 rings (SSSR count). The molecule has 1 saturated carbocycles. The lowest BCUT2D eigenvalue weighted by atomic mass is 9.38. The Bertz CT molecular complexity index is 1090. The Kier molecular flexibility index (Phi) is 3.35. The summed E-state index contributed by atoms with van der Waals surface area (Å²) in [6, 6.07) is 6.52. The zero-order chi connectivity index (χ0) is 21.2. The van der Waals surface area contributed by atoms with Crippen LogP contribution in [0.4, 0.5) is 0 Å². The van der Waals surface area contributed by atoms with E-state index in [0.717, 1.165) is 35.2 Å². The summed E-state index contributed by atoms with van der Waals surface area (Å²) >= 11 is 0. The van der Waals surface area contributed by atoms with Crippen molar-refractivity contribution in [2.75, 3.05) is 7.05 Å². The topological polar surface area (TPSA) is 50.1 Å². The van der Waals surface area contributed by atoms with Crippen LogP contribution in [-0.4, -0.2) is 22.7 Å². The van der Waals surface area contributed by atoms with Crippen molar-refractivity contribution < 1.29 is 5.11 Å². The molecule has 0 aliphatic heterocycles. The van der Waals surface area contributed by atoms with Crippen molar-refractivity contribution in [3.63, 3.8) is 0 Å². The van der Waals surface area contributed by atoms with Gasteiger partial charge in [0, 0.05) is 33.5 Å². The molecule has 3 aliphatic carbocycles. The molecule has 3 nitrogen and oxygen atoms in total. The fourth-order valence-electron chi connectivity index (χ4n) is 7.57. The zero-order valence-electron chi connectivity index (χ0n) is 18.6. The van der Waals surface area contributed by atoms with Crippen LogP contribution in [0.5, 0.6) is 0 Å². The van der Waals surface area contributed by atoms with Gasteiger partial charge in [-0.1, -0.05) is 70.5 Å². The standard InChI is InChI=1S/C26H33N2O/c1-9-24(7)14-13-18-23(5,6)16-11-10-12-17-19(16)20-21(28-17)22(3,4)15(2)26(24,27-8)25(18,20)29/h9-12,18,28-29H,1-2,13-14H2,3-8H3/q-1. The first-order valence-corrected chi connectivity index (χ1v) is 10.8. The average Bonchev–Trinajstić information content (AvgIpc) is 3.07. The van der Waals surface area contributed by atoms with Gasteiger partial charge in [-0.3, -0.25) is 0 Å². The number of nitrogens with zero attached hydrogens (tertiary/aromatic N) is 1. The van der Waals surface area contributed by atoms with Gasteiger partial charge in [-0.2, -0.15) is 7.05 Å². The second-order valence-electron chi connectivity index (χ2n) is 10.8. The minimum atomic E-state index is -1.12. The quantitative estimate of drug-likeness (QED) is 0.623. The van der Waals surface area contributed by atoms with Crippen molar-refractivity contribution in [3.8, 4) is 0 Å². The average molecular weight is 390 g/mol. The largest absolute Gasteiger partial charge is 0.653 e. The normalized spacial score (nSPS) is 38.9. The predicted octanol–water partition coefficient (Wildman–Crippen LogP) is 5.84. The van der Waals surface area contributed by atoms with Crippen molar-refractivity contribution in [2.45, 2.75) is 69.4 Å². The molecule has 0 saturated heterocycles. The van der Waals surface area contributed by atoms with Crippen LogP contribution in [-0.2, 0) is 16.4 Å². The first-order valence-electron chi connectivity index (χ1n) is 10.8. The molecule has 3 heteroatoms. The summed E-state index contributed by atoms with van der Waals surface area (Å²) in [5.41, 5.74) is 2.74. The van der Waals surface area contributed by atoms with Crippen molar-refractivity contribution in [1.29, 1.82) is 0 Å². The summed E-state index contributed by atoms with van der Waals surface area (Å²) in [4.78, 5) is 3.70. The van der Waals surface area contributed by atoms with Crippen molar-refractivity contribution in [3.05, 3.63) is 65.1 Å². The predicted molar refractivity (Wildman–Crippen MR) is 120 cm³/mol. The van der Waals surface area contributed by atoms with Crippen LogP contribution < -0.4 is 0 Å². The fraction of sp³-hybridized carbons (Fsp3) is 0.538. The summed E-state index contributed by atoms with van der Waals surface area (Å²) in [5.74, 6) is 0.0484. The number of aliphatic hydroxyl groups is 1. The Hall–Kier alpha value is -1.84. The SMILES string of the molecule is C=CC1(C)CCC2C(C)(C)c3cccc4[nH]c5c(c34)C2(O)C1([N-]C)C(=C)C5(C)C. The molecule has 0 amide bonds. The molecule has 0 bridgehead atoms. The molecule has 154 valence electrons. The molecular formula is C26H33N2O-. The first-order chi connectivity index (χ1) is 13.4. The number of aromatic nitrogens is 1. The highest BCUT2D eigenvalue weighted by Crippen LogP contribution is 2.73. The molecule has 4 unspecified atom stereocenters. The van der Waals surface area contributed by atoms with E-state index in [-0.39, 0.29) is 22.2 Å². The van der Waals surface area contributed by atoms with Gasteiger partial charge in [0.2, 0.25) is 0 Å². The van der Waals surface area contributed by atoms with Crippen LogP contribution in [0.2, 0.25) is 0 Å². The lowest BCUT2D eigenvalue weighted by Gasteiger charge is -2.76. The second-order valence-corrected chi connectivity index (χ2v) is 10.8. The maximum Gasteiger partial charge on any atom is 0.0870 e. The minimum absolute atomic E-state index is 0.0484. The van der Waals surface area contributed by atoms with Gasteiger partial charge < -0.3 is 15.4 Å². The minimum Gasteiger partial charge on any atom is -0.653 e. The number of H-pyrrole nitrogens is 1. The maximum atomic E-state index is 13.0. The van der Waals surface area contributed by atoms with E-state index in [1.165, 1.54) is 10.9 Å². The Balaban J connectivity index is 2.07. The zero-order valence-corrected chi connectivity index (χ0v) is 18.6. The van der Waals surface area contributed by atoms with E-state index in [2.05, 4.69) is 71.0 Å². The Morgan fingerprint density at radius 2 is 1.90 bits per heavy atom. The number of rotatable bonds is 2. The van der Waals surface area contributed by atoms with Crippen LogP contribution in [0.3, 0.4) is 0 Å². The number of nitrogens with one attached hydrogen (secondary N) is 1. The number of hydrogen-bond donors (Lipinski definition) is 2. The highest BCUT2D eigenvalue weighted by molar-refractivity contribution is 5.93. The van der Waals surface area contributed by atoms with Crippen molar-refractivity contribution in [2.24, 2.45) is 11.3 Å². The van der Waals surface area contributed by atoms with Crippen molar-refractivity contribution >= 4 is 10.9 Å². The van der Waals surface area contributed by atoms with Crippen LogP contribution in [0, 0.1) is 11.3 Å². The molecule has 4 atom stereocenters. The smallest absolute Gasteiger partial charge is 0.0870 e. The molecule has 3 aliphatic rings. The molecule has 1 fully saturated rings. The molecule has 0 spiro atoms. The lowest BCUT2D eigenvalue weighted by molar-refractivity contribution is -0.159. The third-order valence-electron chi connectivity index (χ3n) is 9.21. The van der Waals surface area contributed by atoms with Gasteiger partial charge >= 0.3 is 0 Å². The number of hydrogen-bond acceptors (Lipinski definition) is 1. The van der Waals surface area contributed by atoms with Crippen LogP contribution in [0.25, 0.3) is 16.2 Å². The first kappa shape index (κ1) is 19.1. The summed E-state index contributed by atoms with van der Waals surface area (Å²) in [6.07, 6.45) is 3.89. The summed E-state index contributed by atoms with van der Waals surface area (Å²) in [7, 11) is 1.87. The number of aromatic amines is 1. The maximum absolute atomic E-state index is 13.0. The number of likely N-dealkylation sites (N-methyl/N-ethyl adjacent to an activating group) is 1. The highest BCUT2D eigenvalue weighted by atomic mass is 16.3. The molecule has 0 radical (unpaired) electrons. The molecule has 2 aromatic rings. The van der Waals surface area contributed by atoms with E-state index in [1.807, 2.05) is 13.1 Å². The molecular weight excluding hydrogens is 356 g/mol. The van der Waals surface area contributed by atoms with Crippen LogP contribution in [0.15, 0.2) is 43.0 Å². The molecule has 1 heterocycles. The molecule has 29 heavy (non-hydrogen) atoms. The van der Waals surface area contributed by atoms with Crippen LogP contribution >= 0.6 is 0 Å². The van der Waals surface area contributed by atoms with E-state index in [4.69, 9.17) is 5.32 Å². The van der Waals surface area contributed by atoms with Crippen LogP contribution in [0.1, 0.15) is 64.3 Å². The third-order valence-corrected chi connectivity index (χ3v) is 9.21. The third kappa shape index (κ3) is 1.65. The van der Waals surface area contributed by atoms with E-state index in [9.17, 15) is 5.11 Å². The van der Waals surface area contributed by atoms with Gasteiger partial charge in [0.15, 0.2) is 0 Å². The van der Waals surface area contributed by atoms with E-state index in [0.29, 0.717) is 0 Å². The van der Waals surface area contributed by atoms with Crippen molar-refractivity contribution in [1.82, 2.24) is 4.98 Å². The van der Waals surface area contributed by atoms with Gasteiger partial charge in [-0.05, 0) is 35.3 Å². The van der Waals surface area contributed by atoms with Gasteiger partial charge in [0.25, 0.3) is 0 Å². The second kappa shape index (κ2) is 5.07. The Morgan fingerprint density at radius 1 is 1.21 bits per heavy atom. The summed E-state index contributed by atoms with van der Waals surface area (Å²) in [6.45, 7) is 20.1. The van der Waals surface area contributed by atoms with E-state index >= 15 is 0 Å². The van der Waals surface area contributed by atoms with Gasteiger partial charge in [0.05, 0.1) is 5.60 Å². The monoisotopic (exact) mass is 389 g/mol. The lowest BCUT2D eigenvalue weighted by Crippen LogP contribution is -2.73. The Labute approximate surface area is 174 Å². The highest BCUT2D eigenvalue weighted by Gasteiger charge is 2.70. The summed E-state index contributed by atoms with van der Waals surface area (Å²) in [5, 5.41) is 19.2. The summed E-state index contributed by atoms with van der Waals surface area (Å²) < 4.78 is 0. The fourth-order valence-corrected chi connectivity index (χ4v) is 7.57. The molecule has 1 aromatic carbocycles. The molecule has 1 aromatic heterocycles. The molecule has 2 N–H and O–H groups in total. The Morgan fingerprint density at radius 3 is 2.52 bits per heavy atom. The van der Waals surface area contributed by atoms with Gasteiger partial charge in [-0.25, -0.2) is 0 Å². The van der Waals surface area contributed by atoms with Gasteiger partial charge in [-0.15, -0.1) is 6.58 Å².